The lowest BCUT2D eigenvalue weighted by Crippen LogP contribution is -2.26. The molecule has 0 atom stereocenters. The van der Waals surface area contributed by atoms with E-state index in [9.17, 15) is 0 Å². The van der Waals surface area contributed by atoms with Crippen LogP contribution in [0.2, 0.25) is 0 Å². The number of rotatable bonds is 4. The maximum Gasteiger partial charge on any atom is 0.0726 e. The Morgan fingerprint density at radius 3 is 1.66 bits per heavy atom. The molecule has 0 unspecified atom stereocenters. The zero-order valence-corrected chi connectivity index (χ0v) is 38.7. The van der Waals surface area contributed by atoms with Crippen molar-refractivity contribution < 1.29 is 0 Å². The first-order chi connectivity index (χ1) is 34.7. The molecule has 2 aromatic heterocycles. The summed E-state index contributed by atoms with van der Waals surface area (Å²) in [5.41, 5.74) is 16.9. The van der Waals surface area contributed by atoms with Gasteiger partial charge in [0.15, 0.2) is 0 Å². The molecule has 70 heavy (non-hydrogen) atoms. The summed E-state index contributed by atoms with van der Waals surface area (Å²) < 4.78 is 5.11. The van der Waals surface area contributed by atoms with Gasteiger partial charge in [-0.25, -0.2) is 0 Å². The topological polar surface area (TPSA) is 8.17 Å². The number of nitrogens with zero attached hydrogens (tertiary/aromatic N) is 2. The van der Waals surface area contributed by atoms with Crippen molar-refractivity contribution in [2.24, 2.45) is 0 Å². The molecule has 1 spiro atoms. The molecule has 0 N–H and O–H groups in total. The van der Waals surface area contributed by atoms with Crippen LogP contribution in [-0.4, -0.2) is 4.57 Å². The average molecular weight is 905 g/mol. The van der Waals surface area contributed by atoms with Gasteiger partial charge in [-0.2, -0.15) is 0 Å². The van der Waals surface area contributed by atoms with Gasteiger partial charge in [-0.05, 0) is 132 Å². The maximum absolute atomic E-state index is 2.54. The number of benzene rings is 12. The van der Waals surface area contributed by atoms with Crippen LogP contribution >= 0.6 is 11.3 Å². The van der Waals surface area contributed by atoms with Gasteiger partial charge in [-0.3, -0.25) is 0 Å². The van der Waals surface area contributed by atoms with Gasteiger partial charge >= 0.3 is 0 Å². The second kappa shape index (κ2) is 14.1. The normalized spacial score (nSPS) is 13.3. The minimum absolute atomic E-state index is 0.475. The third-order valence-corrected chi connectivity index (χ3v) is 16.9. The fourth-order valence-corrected chi connectivity index (χ4v) is 14.0. The molecule has 2 aliphatic carbocycles. The molecule has 2 nitrogen and oxygen atoms in total. The van der Waals surface area contributed by atoms with Crippen molar-refractivity contribution in [3.05, 3.63) is 265 Å². The molecule has 2 aliphatic rings. The van der Waals surface area contributed by atoms with Gasteiger partial charge in [-0.1, -0.05) is 182 Å². The maximum atomic E-state index is 2.54. The van der Waals surface area contributed by atoms with Crippen LogP contribution in [0.25, 0.3) is 102 Å². The van der Waals surface area contributed by atoms with Gasteiger partial charge in [0.05, 0.1) is 22.1 Å². The minimum Gasteiger partial charge on any atom is -0.310 e. The summed E-state index contributed by atoms with van der Waals surface area (Å²) in [5.74, 6) is 0. The number of fused-ring (bicyclic) bond motifs is 21. The van der Waals surface area contributed by atoms with Crippen LogP contribution in [0.1, 0.15) is 22.3 Å². The van der Waals surface area contributed by atoms with Gasteiger partial charge in [-0.15, -0.1) is 11.3 Å². The summed E-state index contributed by atoms with van der Waals surface area (Å²) in [7, 11) is 0. The zero-order chi connectivity index (χ0) is 45.7. The molecule has 324 valence electrons. The largest absolute Gasteiger partial charge is 0.310 e. The number of para-hydroxylation sites is 1. The molecule has 0 aliphatic heterocycles. The van der Waals surface area contributed by atoms with Crippen molar-refractivity contribution >= 4 is 103 Å². The van der Waals surface area contributed by atoms with Crippen molar-refractivity contribution in [2.75, 3.05) is 4.90 Å². The van der Waals surface area contributed by atoms with E-state index in [0.29, 0.717) is 0 Å². The summed E-state index contributed by atoms with van der Waals surface area (Å²) in [6.07, 6.45) is 0. The molecule has 2 heterocycles. The molecule has 0 saturated carbocycles. The standard InChI is InChI=1S/C67H40N2S/c1-2-15-45-41(14-1)28-32-48-46-21-13-26-62(54(46)36-35-47(45)48)68(43-29-33-52-51-18-5-10-24-60(51)67(61(52)39-43)58-22-8-3-16-49(58)50-17-4-9-23-59(50)67)44-30-34-55-53-19-6-11-25-63(53)69(64(55)40-44)42-31-37-66-57(38-42)56-20-7-12-27-65(56)70-66/h1-40H. The minimum atomic E-state index is -0.475. The molecule has 0 saturated heterocycles. The van der Waals surface area contributed by atoms with E-state index in [1.165, 1.54) is 119 Å². The quantitative estimate of drug-likeness (QED) is 0.160. The van der Waals surface area contributed by atoms with Crippen LogP contribution in [0.5, 0.6) is 0 Å². The molecule has 0 amide bonds. The Morgan fingerprint density at radius 1 is 0.314 bits per heavy atom. The lowest BCUT2D eigenvalue weighted by molar-refractivity contribution is 0.793. The Bertz CT molecular complexity index is 4500. The number of anilines is 3. The van der Waals surface area contributed by atoms with Crippen LogP contribution in [0.3, 0.4) is 0 Å². The van der Waals surface area contributed by atoms with Crippen LogP contribution in [0, 0.1) is 0 Å². The van der Waals surface area contributed by atoms with Crippen LogP contribution < -0.4 is 4.90 Å². The highest BCUT2D eigenvalue weighted by Gasteiger charge is 2.51. The predicted molar refractivity (Wildman–Crippen MR) is 297 cm³/mol. The van der Waals surface area contributed by atoms with E-state index in [1.807, 2.05) is 11.3 Å². The third-order valence-electron chi connectivity index (χ3n) is 15.8. The lowest BCUT2D eigenvalue weighted by Gasteiger charge is -2.32. The first-order valence-electron chi connectivity index (χ1n) is 24.2. The van der Waals surface area contributed by atoms with E-state index in [-0.39, 0.29) is 0 Å². The zero-order valence-electron chi connectivity index (χ0n) is 37.9. The SMILES string of the molecule is c1ccc2c(c1)-c1ccccc1C21c2ccccc2-c2ccc(N(c3ccc4c5ccccc5n(-c5ccc6sc7ccccc7c6c5)c4c3)c3cccc4c3ccc3c5ccccc5ccc43)cc21. The summed E-state index contributed by atoms with van der Waals surface area (Å²) in [6.45, 7) is 0. The molecule has 14 aromatic rings. The molecule has 3 heteroatoms. The molecular weight excluding hydrogens is 865 g/mol. The van der Waals surface area contributed by atoms with Crippen molar-refractivity contribution in [3.8, 4) is 27.9 Å². The molecule has 0 bridgehead atoms. The van der Waals surface area contributed by atoms with E-state index in [0.717, 1.165) is 22.7 Å². The first-order valence-corrected chi connectivity index (χ1v) is 25.1. The summed E-state index contributed by atoms with van der Waals surface area (Å²) in [4.78, 5) is 2.54. The van der Waals surface area contributed by atoms with E-state index in [4.69, 9.17) is 0 Å². The highest BCUT2D eigenvalue weighted by Crippen LogP contribution is 2.63. The number of hydrogen-bond donors (Lipinski definition) is 0. The van der Waals surface area contributed by atoms with Gasteiger partial charge in [0.1, 0.15) is 0 Å². The number of aromatic nitrogens is 1. The summed E-state index contributed by atoms with van der Waals surface area (Å²) >= 11 is 1.87. The average Bonchev–Trinajstić information content (AvgIpc) is 4.15. The highest BCUT2D eigenvalue weighted by molar-refractivity contribution is 7.25. The fraction of sp³-hybridized carbons (Fsp3) is 0.0149. The highest BCUT2D eigenvalue weighted by atomic mass is 32.1. The van der Waals surface area contributed by atoms with E-state index < -0.39 is 5.41 Å². The fourth-order valence-electron chi connectivity index (χ4n) is 12.9. The molecular formula is C67H40N2S. The van der Waals surface area contributed by atoms with Crippen LogP contribution in [-0.2, 0) is 5.41 Å². The van der Waals surface area contributed by atoms with Crippen molar-refractivity contribution in [2.45, 2.75) is 5.41 Å². The number of hydrogen-bond acceptors (Lipinski definition) is 2. The van der Waals surface area contributed by atoms with E-state index in [1.54, 1.807) is 0 Å². The molecule has 0 radical (unpaired) electrons. The van der Waals surface area contributed by atoms with Gasteiger partial charge in [0.25, 0.3) is 0 Å². The van der Waals surface area contributed by atoms with Crippen molar-refractivity contribution in [1.29, 1.82) is 0 Å². The van der Waals surface area contributed by atoms with Gasteiger partial charge in [0.2, 0.25) is 0 Å². The van der Waals surface area contributed by atoms with Gasteiger partial charge < -0.3 is 9.47 Å². The smallest absolute Gasteiger partial charge is 0.0726 e. The van der Waals surface area contributed by atoms with E-state index >= 15 is 0 Å². The second-order valence-corrected chi connectivity index (χ2v) is 20.2. The van der Waals surface area contributed by atoms with E-state index in [2.05, 4.69) is 252 Å². The Balaban J connectivity index is 0.988. The monoisotopic (exact) mass is 904 g/mol. The summed E-state index contributed by atoms with van der Waals surface area (Å²) in [5, 5.41) is 12.6. The Labute approximate surface area is 408 Å². The van der Waals surface area contributed by atoms with Crippen LogP contribution in [0.4, 0.5) is 17.1 Å². The number of thiophene rings is 1. The molecule has 0 fully saturated rings. The van der Waals surface area contributed by atoms with Gasteiger partial charge in [0, 0.05) is 53.4 Å². The molecule has 12 aromatic carbocycles. The van der Waals surface area contributed by atoms with Crippen molar-refractivity contribution in [1.82, 2.24) is 4.57 Å². The Hall–Kier alpha value is -8.76. The van der Waals surface area contributed by atoms with Crippen LogP contribution in [0.15, 0.2) is 243 Å². The summed E-state index contributed by atoms with van der Waals surface area (Å²) in [6, 6.07) is 91.4. The first kappa shape index (κ1) is 38.2. The Kier molecular flexibility index (Phi) is 7.73. The second-order valence-electron chi connectivity index (χ2n) is 19.1. The Morgan fingerprint density at radius 2 is 0.857 bits per heavy atom. The third kappa shape index (κ3) is 5.01. The van der Waals surface area contributed by atoms with Crippen molar-refractivity contribution in [3.63, 3.8) is 0 Å². The predicted octanol–water partition coefficient (Wildman–Crippen LogP) is 18.4. The lowest BCUT2D eigenvalue weighted by atomic mass is 9.70. The molecule has 16 rings (SSSR count).